The lowest BCUT2D eigenvalue weighted by atomic mass is 10.2. The van der Waals surface area contributed by atoms with Crippen LogP contribution in [0.25, 0.3) is 0 Å². The first-order chi connectivity index (χ1) is 8.38. The predicted molar refractivity (Wildman–Crippen MR) is 76.7 cm³/mol. The summed E-state index contributed by atoms with van der Waals surface area (Å²) in [5, 5.41) is 2.91. The van der Waals surface area contributed by atoms with E-state index >= 15 is 0 Å². The van der Waals surface area contributed by atoms with E-state index in [-0.39, 0.29) is 10.7 Å². The maximum absolute atomic E-state index is 12.0. The van der Waals surface area contributed by atoms with Crippen LogP contribution in [-0.4, -0.2) is 28.4 Å². The molecule has 0 spiro atoms. The number of pyridine rings is 1. The number of thioether (sulfide) groups is 1. The maximum Gasteiger partial charge on any atom is 0.251 e. The topological polar surface area (TPSA) is 80.0 Å². The summed E-state index contributed by atoms with van der Waals surface area (Å²) in [5.41, 5.74) is 3.76. The predicted octanol–water partition coefficient (Wildman–Crippen LogP) is 1.55. The number of carbonyl (C=O) groups is 1. The molecule has 0 aliphatic rings. The molecule has 0 saturated heterocycles. The van der Waals surface area contributed by atoms with Crippen LogP contribution < -0.4 is 16.6 Å². The Bertz CT molecular complexity index is 434. The maximum atomic E-state index is 12.0. The van der Waals surface area contributed by atoms with Crippen molar-refractivity contribution in [2.75, 3.05) is 18.2 Å². The highest BCUT2D eigenvalue weighted by atomic mass is 32.2. The van der Waals surface area contributed by atoms with Gasteiger partial charge in [0.05, 0.1) is 0 Å². The number of nitrogens with zero attached hydrogens (tertiary/aromatic N) is 1. The van der Waals surface area contributed by atoms with E-state index < -0.39 is 0 Å². The van der Waals surface area contributed by atoms with Gasteiger partial charge >= 0.3 is 0 Å². The molecule has 0 aromatic carbocycles. The number of nitrogen functional groups attached to an aromatic ring is 1. The second kappa shape index (κ2) is 6.06. The normalized spacial score (nSPS) is 11.2. The summed E-state index contributed by atoms with van der Waals surface area (Å²) in [6.07, 6.45) is 2.03. The van der Waals surface area contributed by atoms with E-state index in [9.17, 15) is 4.79 Å². The average Bonchev–Trinajstić information content (AvgIpc) is 2.35. The van der Waals surface area contributed by atoms with E-state index in [1.165, 1.54) is 0 Å². The Morgan fingerprint density at radius 3 is 2.72 bits per heavy atom. The molecule has 0 fully saturated rings. The number of amides is 1. The van der Waals surface area contributed by atoms with Crippen molar-refractivity contribution >= 4 is 23.5 Å². The fraction of sp³-hybridized carbons (Fsp3) is 0.500. The van der Waals surface area contributed by atoms with Gasteiger partial charge in [0.15, 0.2) is 0 Å². The number of carbonyl (C=O) groups excluding carboxylic acids is 1. The Morgan fingerprint density at radius 1 is 1.50 bits per heavy atom. The first-order valence-electron chi connectivity index (χ1n) is 5.66. The summed E-state index contributed by atoms with van der Waals surface area (Å²) >= 11 is 1.72. The molecule has 1 aromatic rings. The van der Waals surface area contributed by atoms with Crippen molar-refractivity contribution in [2.24, 2.45) is 5.84 Å². The number of hydrazine groups is 1. The van der Waals surface area contributed by atoms with Crippen molar-refractivity contribution in [3.8, 4) is 0 Å². The summed E-state index contributed by atoms with van der Waals surface area (Å²) in [5.74, 6) is 5.68. The smallest absolute Gasteiger partial charge is 0.251 e. The number of anilines is 1. The molecule has 6 heteroatoms. The van der Waals surface area contributed by atoms with Crippen molar-refractivity contribution in [2.45, 2.75) is 25.5 Å². The number of aromatic nitrogens is 1. The van der Waals surface area contributed by atoms with Crippen LogP contribution in [-0.2, 0) is 0 Å². The zero-order valence-corrected chi connectivity index (χ0v) is 12.0. The van der Waals surface area contributed by atoms with Gasteiger partial charge in [0, 0.05) is 22.5 Å². The molecule has 0 aliphatic heterocycles. The summed E-state index contributed by atoms with van der Waals surface area (Å²) < 4.78 is 0.0205. The van der Waals surface area contributed by atoms with Gasteiger partial charge in [0.2, 0.25) is 0 Å². The van der Waals surface area contributed by atoms with Crippen molar-refractivity contribution in [1.82, 2.24) is 10.3 Å². The highest BCUT2D eigenvalue weighted by Crippen LogP contribution is 2.19. The molecule has 1 aromatic heterocycles. The van der Waals surface area contributed by atoms with E-state index in [1.54, 1.807) is 23.9 Å². The van der Waals surface area contributed by atoms with E-state index in [4.69, 9.17) is 5.84 Å². The van der Waals surface area contributed by atoms with E-state index in [0.717, 1.165) is 5.69 Å². The quantitative estimate of drug-likeness (QED) is 0.557. The van der Waals surface area contributed by atoms with Gasteiger partial charge in [-0.1, -0.05) is 0 Å². The summed E-state index contributed by atoms with van der Waals surface area (Å²) in [6, 6.07) is 3.37. The van der Waals surface area contributed by atoms with E-state index in [2.05, 4.69) is 29.6 Å². The molecule has 0 aliphatic carbocycles. The number of hydrogen-bond donors (Lipinski definition) is 3. The number of nitrogens with one attached hydrogen (secondary N) is 2. The Kier molecular flexibility index (Phi) is 4.98. The van der Waals surface area contributed by atoms with Gasteiger partial charge < -0.3 is 10.7 Å². The fourth-order valence-corrected chi connectivity index (χ4v) is 1.56. The summed E-state index contributed by atoms with van der Waals surface area (Å²) in [4.78, 5) is 16.2. The fourth-order valence-electron chi connectivity index (χ4n) is 1.34. The summed E-state index contributed by atoms with van der Waals surface area (Å²) in [6.45, 7) is 6.61. The lowest BCUT2D eigenvalue weighted by Crippen LogP contribution is -2.36. The monoisotopic (exact) mass is 268 g/mol. The molecule has 0 unspecified atom stereocenters. The molecule has 1 amide bonds. The van der Waals surface area contributed by atoms with Crippen LogP contribution in [0, 0.1) is 6.92 Å². The van der Waals surface area contributed by atoms with Crippen LogP contribution >= 0.6 is 11.8 Å². The minimum absolute atomic E-state index is 0.0205. The van der Waals surface area contributed by atoms with Crippen molar-refractivity contribution in [3.05, 3.63) is 23.4 Å². The van der Waals surface area contributed by atoms with Crippen LogP contribution in [0.2, 0.25) is 0 Å². The first-order valence-corrected chi connectivity index (χ1v) is 6.89. The van der Waals surface area contributed by atoms with Crippen LogP contribution in [0.15, 0.2) is 12.1 Å². The third-order valence-electron chi connectivity index (χ3n) is 2.59. The molecular formula is C12H20N4OS. The molecule has 1 heterocycles. The average molecular weight is 268 g/mol. The highest BCUT2D eigenvalue weighted by molar-refractivity contribution is 7.99. The second-order valence-corrected chi connectivity index (χ2v) is 6.19. The molecular weight excluding hydrogens is 248 g/mol. The Hall–Kier alpha value is -1.27. The van der Waals surface area contributed by atoms with Gasteiger partial charge in [-0.25, -0.2) is 10.8 Å². The Morgan fingerprint density at radius 2 is 2.17 bits per heavy atom. The second-order valence-electron chi connectivity index (χ2n) is 4.67. The summed E-state index contributed by atoms with van der Waals surface area (Å²) in [7, 11) is 0. The largest absolute Gasteiger partial charge is 0.351 e. The molecule has 4 N–H and O–H groups in total. The standard InChI is InChI=1S/C12H20N4OS/c1-8-5-9(6-10(15-8)16-13)11(17)14-7-12(2,3)18-4/h5-6H,7,13H2,1-4H3,(H,14,17)(H,15,16). The Balaban J connectivity index is 2.75. The minimum Gasteiger partial charge on any atom is -0.351 e. The van der Waals surface area contributed by atoms with E-state index in [0.29, 0.717) is 17.9 Å². The SMILES string of the molecule is CSC(C)(C)CNC(=O)c1cc(C)nc(NN)c1. The molecule has 0 bridgehead atoms. The van der Waals surface area contributed by atoms with Gasteiger partial charge in [0.25, 0.3) is 5.91 Å². The molecule has 18 heavy (non-hydrogen) atoms. The first kappa shape index (κ1) is 14.8. The van der Waals surface area contributed by atoms with Gasteiger partial charge in [0.1, 0.15) is 5.82 Å². The third-order valence-corrected chi connectivity index (χ3v) is 3.84. The highest BCUT2D eigenvalue weighted by Gasteiger charge is 2.17. The molecule has 5 nitrogen and oxygen atoms in total. The zero-order chi connectivity index (χ0) is 13.8. The molecule has 0 saturated carbocycles. The number of aryl methyl sites for hydroxylation is 1. The lowest BCUT2D eigenvalue weighted by molar-refractivity contribution is 0.0950. The van der Waals surface area contributed by atoms with Gasteiger partial charge in [-0.2, -0.15) is 11.8 Å². The van der Waals surface area contributed by atoms with Crippen molar-refractivity contribution in [1.29, 1.82) is 0 Å². The van der Waals surface area contributed by atoms with Crippen LogP contribution in [0.4, 0.5) is 5.82 Å². The molecule has 0 radical (unpaired) electrons. The number of rotatable bonds is 5. The van der Waals surface area contributed by atoms with E-state index in [1.807, 2.05) is 13.2 Å². The third kappa shape index (κ3) is 4.19. The lowest BCUT2D eigenvalue weighted by Gasteiger charge is -2.22. The van der Waals surface area contributed by atoms with Crippen LogP contribution in [0.5, 0.6) is 0 Å². The molecule has 0 atom stereocenters. The Labute approximate surface area is 112 Å². The van der Waals surface area contributed by atoms with Gasteiger partial charge in [-0.15, -0.1) is 0 Å². The number of nitrogens with two attached hydrogens (primary N) is 1. The zero-order valence-electron chi connectivity index (χ0n) is 11.2. The number of hydrogen-bond acceptors (Lipinski definition) is 5. The van der Waals surface area contributed by atoms with Crippen LogP contribution in [0.3, 0.4) is 0 Å². The van der Waals surface area contributed by atoms with Gasteiger partial charge in [-0.3, -0.25) is 4.79 Å². The van der Waals surface area contributed by atoms with Crippen molar-refractivity contribution < 1.29 is 4.79 Å². The van der Waals surface area contributed by atoms with Crippen molar-refractivity contribution in [3.63, 3.8) is 0 Å². The minimum atomic E-state index is -0.112. The van der Waals surface area contributed by atoms with Gasteiger partial charge in [-0.05, 0) is 39.2 Å². The molecule has 100 valence electrons. The van der Waals surface area contributed by atoms with Crippen LogP contribution in [0.1, 0.15) is 29.9 Å². The molecule has 1 rings (SSSR count).